The zero-order chi connectivity index (χ0) is 21.3. The Balaban J connectivity index is 1.62. The minimum atomic E-state index is -0.716. The van der Waals surface area contributed by atoms with Crippen LogP contribution in [0, 0.1) is 0 Å². The van der Waals surface area contributed by atoms with Crippen molar-refractivity contribution in [3.05, 3.63) is 83.8 Å². The van der Waals surface area contributed by atoms with Gasteiger partial charge in [0, 0.05) is 18.7 Å². The van der Waals surface area contributed by atoms with Crippen LogP contribution in [0.3, 0.4) is 0 Å². The Hall–Kier alpha value is -3.09. The quantitative estimate of drug-likeness (QED) is 0.484. The number of aliphatic hydroxyl groups excluding tert-OH is 1. The molecule has 0 aliphatic carbocycles. The molecule has 0 saturated carbocycles. The van der Waals surface area contributed by atoms with Crippen molar-refractivity contribution in [3.8, 4) is 11.5 Å². The Kier molecular flexibility index (Phi) is 7.65. The molecule has 0 aliphatic heterocycles. The number of aliphatic hydroxyl groups is 1. The lowest BCUT2D eigenvalue weighted by atomic mass is 10.1. The number of nitrogens with zero attached hydrogens (tertiary/aromatic N) is 1. The summed E-state index contributed by atoms with van der Waals surface area (Å²) in [6.07, 6.45) is 0.923. The molecule has 30 heavy (non-hydrogen) atoms. The molecular weight excluding hydrogens is 382 g/mol. The summed E-state index contributed by atoms with van der Waals surface area (Å²) in [6, 6.07) is 18.6. The predicted octanol–water partition coefficient (Wildman–Crippen LogP) is 3.93. The predicted molar refractivity (Wildman–Crippen MR) is 114 cm³/mol. The van der Waals surface area contributed by atoms with E-state index in [9.17, 15) is 9.90 Å². The SMILES string of the molecule is COc1cccc(CN(Cc2ccco2)CC(O)COc2cccc(C(C)=O)c2)c1. The molecule has 1 unspecified atom stereocenters. The van der Waals surface area contributed by atoms with Crippen molar-refractivity contribution >= 4 is 5.78 Å². The number of Topliss-reactive ketones (excluding diaryl/α,β-unsaturated/α-hetero) is 1. The minimum absolute atomic E-state index is 0.0242. The number of hydrogen-bond acceptors (Lipinski definition) is 6. The van der Waals surface area contributed by atoms with Crippen LogP contribution in [0.25, 0.3) is 0 Å². The molecule has 3 aromatic rings. The Morgan fingerprint density at radius 3 is 2.60 bits per heavy atom. The van der Waals surface area contributed by atoms with E-state index in [1.165, 1.54) is 6.92 Å². The third-order valence-electron chi connectivity index (χ3n) is 4.65. The van der Waals surface area contributed by atoms with Gasteiger partial charge in [-0.05, 0) is 48.9 Å². The van der Waals surface area contributed by atoms with Gasteiger partial charge >= 0.3 is 0 Å². The van der Waals surface area contributed by atoms with Gasteiger partial charge in [0.2, 0.25) is 0 Å². The largest absolute Gasteiger partial charge is 0.497 e. The van der Waals surface area contributed by atoms with Crippen molar-refractivity contribution in [2.24, 2.45) is 0 Å². The van der Waals surface area contributed by atoms with Gasteiger partial charge in [0.05, 0.1) is 19.9 Å². The van der Waals surface area contributed by atoms with E-state index in [0.29, 0.717) is 30.9 Å². The summed E-state index contributed by atoms with van der Waals surface area (Å²) in [7, 11) is 1.64. The molecule has 1 aromatic heterocycles. The van der Waals surface area contributed by atoms with Gasteiger partial charge in [0.15, 0.2) is 5.78 Å². The minimum Gasteiger partial charge on any atom is -0.497 e. The van der Waals surface area contributed by atoms with Crippen molar-refractivity contribution in [3.63, 3.8) is 0 Å². The van der Waals surface area contributed by atoms with E-state index in [-0.39, 0.29) is 12.4 Å². The molecule has 0 spiro atoms. The first-order valence-electron chi connectivity index (χ1n) is 9.83. The van der Waals surface area contributed by atoms with E-state index >= 15 is 0 Å². The van der Waals surface area contributed by atoms with Crippen LogP contribution in [0.1, 0.15) is 28.6 Å². The number of ketones is 1. The molecule has 1 atom stereocenters. The first-order valence-corrected chi connectivity index (χ1v) is 9.83. The molecule has 3 rings (SSSR count). The third kappa shape index (κ3) is 6.47. The van der Waals surface area contributed by atoms with Gasteiger partial charge in [-0.15, -0.1) is 0 Å². The third-order valence-corrected chi connectivity index (χ3v) is 4.65. The maximum atomic E-state index is 11.5. The Morgan fingerprint density at radius 2 is 1.87 bits per heavy atom. The van der Waals surface area contributed by atoms with E-state index < -0.39 is 6.10 Å². The van der Waals surface area contributed by atoms with Crippen molar-refractivity contribution in [1.82, 2.24) is 4.90 Å². The smallest absolute Gasteiger partial charge is 0.159 e. The number of carbonyl (C=O) groups excluding carboxylic acids is 1. The van der Waals surface area contributed by atoms with Gasteiger partial charge in [0.1, 0.15) is 30.0 Å². The average molecular weight is 409 g/mol. The van der Waals surface area contributed by atoms with Crippen molar-refractivity contribution in [1.29, 1.82) is 0 Å². The van der Waals surface area contributed by atoms with E-state index in [2.05, 4.69) is 4.90 Å². The van der Waals surface area contributed by atoms with Crippen molar-refractivity contribution < 1.29 is 23.8 Å². The molecule has 6 heteroatoms. The molecule has 0 saturated heterocycles. The second-order valence-corrected chi connectivity index (χ2v) is 7.15. The number of rotatable bonds is 11. The molecule has 0 amide bonds. The van der Waals surface area contributed by atoms with Crippen LogP contribution in [-0.2, 0) is 13.1 Å². The monoisotopic (exact) mass is 409 g/mol. The fourth-order valence-electron chi connectivity index (χ4n) is 3.18. The van der Waals surface area contributed by atoms with Gasteiger partial charge in [-0.1, -0.05) is 24.3 Å². The standard InChI is InChI=1S/C24H27NO5/c1-18(26)20-7-4-9-23(13-20)30-17-21(27)15-25(16-24-10-5-11-29-24)14-19-6-3-8-22(12-19)28-2/h3-13,21,27H,14-17H2,1-2H3. The van der Waals surface area contributed by atoms with Crippen LogP contribution in [0.5, 0.6) is 11.5 Å². The van der Waals surface area contributed by atoms with E-state index in [4.69, 9.17) is 13.9 Å². The van der Waals surface area contributed by atoms with Gasteiger partial charge in [-0.3, -0.25) is 9.69 Å². The first kappa shape index (κ1) is 21.6. The summed E-state index contributed by atoms with van der Waals surface area (Å²) in [5.41, 5.74) is 1.66. The summed E-state index contributed by atoms with van der Waals surface area (Å²) >= 11 is 0. The number of benzene rings is 2. The highest BCUT2D eigenvalue weighted by atomic mass is 16.5. The zero-order valence-electron chi connectivity index (χ0n) is 17.3. The van der Waals surface area contributed by atoms with Crippen molar-refractivity contribution in [2.75, 3.05) is 20.3 Å². The van der Waals surface area contributed by atoms with Crippen LogP contribution in [-0.4, -0.2) is 42.2 Å². The van der Waals surface area contributed by atoms with Crippen LogP contribution < -0.4 is 9.47 Å². The Bertz CT molecular complexity index is 938. The second-order valence-electron chi connectivity index (χ2n) is 7.15. The summed E-state index contributed by atoms with van der Waals surface area (Å²) in [5.74, 6) is 2.15. The number of carbonyl (C=O) groups is 1. The molecule has 1 N–H and O–H groups in total. The lowest BCUT2D eigenvalue weighted by Gasteiger charge is -2.24. The highest BCUT2D eigenvalue weighted by molar-refractivity contribution is 5.94. The highest BCUT2D eigenvalue weighted by Crippen LogP contribution is 2.17. The normalized spacial score (nSPS) is 12.0. The van der Waals surface area contributed by atoms with E-state index in [1.54, 1.807) is 37.6 Å². The number of methoxy groups -OCH3 is 1. The van der Waals surface area contributed by atoms with Crippen molar-refractivity contribution in [2.45, 2.75) is 26.1 Å². The average Bonchev–Trinajstić information content (AvgIpc) is 3.25. The molecule has 0 aliphatic rings. The van der Waals surface area contributed by atoms with Crippen LogP contribution in [0.2, 0.25) is 0 Å². The fourth-order valence-corrected chi connectivity index (χ4v) is 3.18. The molecule has 0 bridgehead atoms. The maximum Gasteiger partial charge on any atom is 0.159 e. The molecule has 158 valence electrons. The molecular formula is C24H27NO5. The summed E-state index contributed by atoms with van der Waals surface area (Å²) in [6.45, 7) is 3.20. The highest BCUT2D eigenvalue weighted by Gasteiger charge is 2.16. The molecule has 0 radical (unpaired) electrons. The number of furan rings is 1. The molecule has 2 aromatic carbocycles. The van der Waals surface area contributed by atoms with Crippen LogP contribution in [0.4, 0.5) is 0 Å². The fraction of sp³-hybridized carbons (Fsp3) is 0.292. The first-order chi connectivity index (χ1) is 14.5. The lowest BCUT2D eigenvalue weighted by Crippen LogP contribution is -2.35. The van der Waals surface area contributed by atoms with Crippen LogP contribution >= 0.6 is 0 Å². The van der Waals surface area contributed by atoms with E-state index in [0.717, 1.165) is 17.1 Å². The Labute approximate surface area is 176 Å². The number of ether oxygens (including phenoxy) is 2. The molecule has 1 heterocycles. The maximum absolute atomic E-state index is 11.5. The zero-order valence-corrected chi connectivity index (χ0v) is 17.3. The van der Waals surface area contributed by atoms with Crippen LogP contribution in [0.15, 0.2) is 71.3 Å². The lowest BCUT2D eigenvalue weighted by molar-refractivity contribution is 0.0604. The summed E-state index contributed by atoms with van der Waals surface area (Å²) in [4.78, 5) is 13.6. The second kappa shape index (κ2) is 10.6. The topological polar surface area (TPSA) is 72.1 Å². The summed E-state index contributed by atoms with van der Waals surface area (Å²) < 4.78 is 16.5. The van der Waals surface area contributed by atoms with Gasteiger partial charge in [0.25, 0.3) is 0 Å². The van der Waals surface area contributed by atoms with E-state index in [1.807, 2.05) is 36.4 Å². The Morgan fingerprint density at radius 1 is 1.07 bits per heavy atom. The molecule has 0 fully saturated rings. The summed E-state index contributed by atoms with van der Waals surface area (Å²) in [5, 5.41) is 10.6. The molecule has 6 nitrogen and oxygen atoms in total. The van der Waals surface area contributed by atoms with Gasteiger partial charge in [-0.2, -0.15) is 0 Å². The van der Waals surface area contributed by atoms with Gasteiger partial charge < -0.3 is 19.0 Å². The van der Waals surface area contributed by atoms with Gasteiger partial charge in [-0.25, -0.2) is 0 Å². The number of hydrogen-bond donors (Lipinski definition) is 1.